The molecule has 1 atom stereocenters. The first-order chi connectivity index (χ1) is 12.0. The van der Waals surface area contributed by atoms with Gasteiger partial charge < -0.3 is 14.6 Å². The molecule has 0 bridgehead atoms. The zero-order valence-corrected chi connectivity index (χ0v) is 15.3. The van der Waals surface area contributed by atoms with Crippen molar-refractivity contribution in [3.05, 3.63) is 53.5 Å². The second kappa shape index (κ2) is 8.51. The van der Waals surface area contributed by atoms with E-state index in [0.29, 0.717) is 24.3 Å². The Bertz CT molecular complexity index is 736. The first-order valence-corrected chi connectivity index (χ1v) is 8.70. The maximum atomic E-state index is 13.0. The molecule has 0 fully saturated rings. The summed E-state index contributed by atoms with van der Waals surface area (Å²) >= 11 is 0. The van der Waals surface area contributed by atoms with E-state index in [1.165, 1.54) is 0 Å². The van der Waals surface area contributed by atoms with Crippen LogP contribution < -0.4 is 5.32 Å². The van der Waals surface area contributed by atoms with Gasteiger partial charge in [0.2, 0.25) is 5.91 Å². The molecule has 0 aliphatic rings. The minimum atomic E-state index is -0.128. The number of carbonyl (C=O) groups is 2. The van der Waals surface area contributed by atoms with Crippen molar-refractivity contribution < 1.29 is 14.0 Å². The molecule has 0 aliphatic heterocycles. The first-order valence-electron chi connectivity index (χ1n) is 8.70. The van der Waals surface area contributed by atoms with Gasteiger partial charge in [0, 0.05) is 12.5 Å². The van der Waals surface area contributed by atoms with Crippen LogP contribution in [0.25, 0.3) is 0 Å². The van der Waals surface area contributed by atoms with Gasteiger partial charge in [-0.2, -0.15) is 0 Å². The second-order valence-corrected chi connectivity index (χ2v) is 6.18. The number of nitrogens with one attached hydrogen (secondary N) is 1. The quantitative estimate of drug-likeness (QED) is 0.819. The van der Waals surface area contributed by atoms with E-state index < -0.39 is 0 Å². The Morgan fingerprint density at radius 3 is 2.48 bits per heavy atom. The van der Waals surface area contributed by atoms with E-state index in [2.05, 4.69) is 5.32 Å². The molecule has 2 rings (SSSR count). The van der Waals surface area contributed by atoms with Gasteiger partial charge in [-0.25, -0.2) is 0 Å². The normalized spacial score (nSPS) is 11.8. The lowest BCUT2D eigenvalue weighted by Crippen LogP contribution is -2.31. The predicted octanol–water partition coefficient (Wildman–Crippen LogP) is 4.23. The molecular weight excluding hydrogens is 316 g/mol. The topological polar surface area (TPSA) is 62.6 Å². The second-order valence-electron chi connectivity index (χ2n) is 6.18. The van der Waals surface area contributed by atoms with Crippen LogP contribution >= 0.6 is 0 Å². The van der Waals surface area contributed by atoms with Crippen LogP contribution in [0.3, 0.4) is 0 Å². The largest absolute Gasteiger partial charge is 0.464 e. The Labute approximate surface area is 149 Å². The highest BCUT2D eigenvalue weighted by atomic mass is 16.3. The summed E-state index contributed by atoms with van der Waals surface area (Å²) in [6, 6.07) is 10.9. The third-order valence-corrected chi connectivity index (χ3v) is 4.29. The molecule has 25 heavy (non-hydrogen) atoms. The highest BCUT2D eigenvalue weighted by Crippen LogP contribution is 2.20. The van der Waals surface area contributed by atoms with Crippen molar-refractivity contribution in [3.8, 4) is 0 Å². The average Bonchev–Trinajstić information content (AvgIpc) is 3.03. The Balaban J connectivity index is 2.21. The first kappa shape index (κ1) is 18.8. The Morgan fingerprint density at radius 2 is 1.88 bits per heavy atom. The molecule has 0 spiro atoms. The maximum absolute atomic E-state index is 13.0. The van der Waals surface area contributed by atoms with Gasteiger partial charge in [-0.15, -0.1) is 0 Å². The van der Waals surface area contributed by atoms with E-state index in [0.717, 1.165) is 17.9 Å². The average molecular weight is 342 g/mol. The molecular formula is C20H26N2O3. The number of nitrogens with zero attached hydrogens (tertiary/aromatic N) is 1. The summed E-state index contributed by atoms with van der Waals surface area (Å²) in [6.07, 6.45) is 0.751. The van der Waals surface area contributed by atoms with Crippen LogP contribution in [0, 0.1) is 12.8 Å². The summed E-state index contributed by atoms with van der Waals surface area (Å²) < 4.78 is 5.58. The van der Waals surface area contributed by atoms with Crippen molar-refractivity contribution in [1.82, 2.24) is 4.90 Å². The molecule has 1 aromatic heterocycles. The number of aryl methyl sites for hydroxylation is 1. The van der Waals surface area contributed by atoms with Crippen LogP contribution in [-0.2, 0) is 11.3 Å². The van der Waals surface area contributed by atoms with Gasteiger partial charge >= 0.3 is 0 Å². The number of hydrogen-bond donors (Lipinski definition) is 1. The van der Waals surface area contributed by atoms with Crippen molar-refractivity contribution in [1.29, 1.82) is 0 Å². The van der Waals surface area contributed by atoms with E-state index in [1.54, 1.807) is 23.1 Å². The fraction of sp³-hybridized carbons (Fsp3) is 0.400. The maximum Gasteiger partial charge on any atom is 0.256 e. The van der Waals surface area contributed by atoms with Crippen molar-refractivity contribution >= 4 is 17.5 Å². The van der Waals surface area contributed by atoms with Gasteiger partial charge in [0.25, 0.3) is 5.91 Å². The van der Waals surface area contributed by atoms with E-state index in [1.807, 2.05) is 45.9 Å². The van der Waals surface area contributed by atoms with E-state index in [-0.39, 0.29) is 17.7 Å². The zero-order chi connectivity index (χ0) is 18.4. The van der Waals surface area contributed by atoms with Crippen LogP contribution in [-0.4, -0.2) is 23.3 Å². The highest BCUT2D eigenvalue weighted by molar-refractivity contribution is 6.04. The minimum absolute atomic E-state index is 0.0764. The molecule has 0 saturated carbocycles. The van der Waals surface area contributed by atoms with Crippen LogP contribution in [0.2, 0.25) is 0 Å². The van der Waals surface area contributed by atoms with Crippen LogP contribution in [0.15, 0.2) is 40.8 Å². The van der Waals surface area contributed by atoms with Gasteiger partial charge in [-0.3, -0.25) is 9.59 Å². The zero-order valence-electron chi connectivity index (χ0n) is 15.3. The summed E-state index contributed by atoms with van der Waals surface area (Å²) in [5, 5.41) is 2.88. The van der Waals surface area contributed by atoms with E-state index >= 15 is 0 Å². The summed E-state index contributed by atoms with van der Waals surface area (Å²) in [5.74, 6) is 1.26. The van der Waals surface area contributed by atoms with Crippen LogP contribution in [0.1, 0.15) is 49.1 Å². The lowest BCUT2D eigenvalue weighted by Gasteiger charge is -2.22. The number of hydrogen-bond acceptors (Lipinski definition) is 3. The molecule has 1 unspecified atom stereocenters. The minimum Gasteiger partial charge on any atom is -0.464 e. The third kappa shape index (κ3) is 4.72. The summed E-state index contributed by atoms with van der Waals surface area (Å²) in [5.41, 5.74) is 1.04. The van der Waals surface area contributed by atoms with Crippen molar-refractivity contribution in [2.75, 3.05) is 11.9 Å². The molecule has 1 heterocycles. The summed E-state index contributed by atoms with van der Waals surface area (Å²) in [7, 11) is 0. The van der Waals surface area contributed by atoms with Crippen molar-refractivity contribution in [2.45, 2.75) is 40.7 Å². The van der Waals surface area contributed by atoms with Gasteiger partial charge in [0.05, 0.1) is 17.8 Å². The molecule has 0 aliphatic carbocycles. The van der Waals surface area contributed by atoms with Gasteiger partial charge in [-0.1, -0.05) is 26.0 Å². The predicted molar refractivity (Wildman–Crippen MR) is 98.4 cm³/mol. The lowest BCUT2D eigenvalue weighted by atomic mass is 10.1. The lowest BCUT2D eigenvalue weighted by molar-refractivity contribution is -0.119. The Morgan fingerprint density at radius 1 is 1.16 bits per heavy atom. The number of para-hydroxylation sites is 1. The van der Waals surface area contributed by atoms with Crippen molar-refractivity contribution in [3.63, 3.8) is 0 Å². The molecule has 2 amide bonds. The molecule has 1 aromatic carbocycles. The van der Waals surface area contributed by atoms with Crippen molar-refractivity contribution in [2.24, 2.45) is 5.92 Å². The standard InChI is InChI=1S/C20H26N2O3/c1-5-14(3)19(23)21-18-10-8-7-9-17(18)20(24)22(6-2)13-16-12-11-15(4)25-16/h7-12,14H,5-6,13H2,1-4H3,(H,21,23). The fourth-order valence-electron chi connectivity index (χ4n) is 2.48. The molecule has 1 N–H and O–H groups in total. The fourth-order valence-corrected chi connectivity index (χ4v) is 2.48. The number of amides is 2. The molecule has 134 valence electrons. The summed E-state index contributed by atoms with van der Waals surface area (Å²) in [6.45, 7) is 8.58. The number of rotatable bonds is 7. The Kier molecular flexibility index (Phi) is 6.39. The van der Waals surface area contributed by atoms with E-state index in [9.17, 15) is 9.59 Å². The van der Waals surface area contributed by atoms with Gasteiger partial charge in [0.15, 0.2) is 0 Å². The van der Waals surface area contributed by atoms with Crippen LogP contribution in [0.5, 0.6) is 0 Å². The van der Waals surface area contributed by atoms with E-state index in [4.69, 9.17) is 4.42 Å². The van der Waals surface area contributed by atoms with Gasteiger partial charge in [0.1, 0.15) is 11.5 Å². The molecule has 0 saturated heterocycles. The molecule has 5 nitrogen and oxygen atoms in total. The molecule has 5 heteroatoms. The monoisotopic (exact) mass is 342 g/mol. The molecule has 0 radical (unpaired) electrons. The highest BCUT2D eigenvalue weighted by Gasteiger charge is 2.20. The summed E-state index contributed by atoms with van der Waals surface area (Å²) in [4.78, 5) is 26.9. The SMILES string of the molecule is CCC(C)C(=O)Nc1ccccc1C(=O)N(CC)Cc1ccc(C)o1. The number of anilines is 1. The number of carbonyl (C=O) groups excluding carboxylic acids is 2. The Hall–Kier alpha value is -2.56. The number of furan rings is 1. The van der Waals surface area contributed by atoms with Crippen LogP contribution in [0.4, 0.5) is 5.69 Å². The molecule has 2 aromatic rings. The van der Waals surface area contributed by atoms with Gasteiger partial charge in [-0.05, 0) is 44.5 Å². The smallest absolute Gasteiger partial charge is 0.256 e. The third-order valence-electron chi connectivity index (χ3n) is 4.29. The number of benzene rings is 1.